The van der Waals surface area contributed by atoms with Gasteiger partial charge in [-0.15, -0.1) is 0 Å². The van der Waals surface area contributed by atoms with Crippen LogP contribution < -0.4 is 16.0 Å². The highest BCUT2D eigenvalue weighted by Crippen LogP contribution is 2.11. The molecule has 0 atom stereocenters. The summed E-state index contributed by atoms with van der Waals surface area (Å²) >= 11 is 0. The van der Waals surface area contributed by atoms with E-state index in [4.69, 9.17) is 10.5 Å². The van der Waals surface area contributed by atoms with Crippen LogP contribution in [0.3, 0.4) is 0 Å². The van der Waals surface area contributed by atoms with Gasteiger partial charge in [-0.3, -0.25) is 0 Å². The van der Waals surface area contributed by atoms with Crippen molar-refractivity contribution in [2.75, 3.05) is 42.2 Å². The van der Waals surface area contributed by atoms with Gasteiger partial charge in [0.2, 0.25) is 17.8 Å². The van der Waals surface area contributed by atoms with Crippen molar-refractivity contribution in [3.63, 3.8) is 0 Å². The third-order valence-electron chi connectivity index (χ3n) is 2.52. The van der Waals surface area contributed by atoms with Crippen LogP contribution in [-0.4, -0.2) is 47.3 Å². The minimum Gasteiger partial charge on any atom is -0.377 e. The molecule has 1 aromatic heterocycles. The molecule has 1 heterocycles. The summed E-state index contributed by atoms with van der Waals surface area (Å²) in [7, 11) is 0. The summed E-state index contributed by atoms with van der Waals surface area (Å²) in [5.41, 5.74) is 5.70. The Morgan fingerprint density at radius 3 is 2.47 bits per heavy atom. The predicted molar refractivity (Wildman–Crippen MR) is 77.4 cm³/mol. The lowest BCUT2D eigenvalue weighted by atomic mass is 10.5. The molecule has 0 saturated heterocycles. The van der Waals surface area contributed by atoms with E-state index in [0.29, 0.717) is 25.0 Å². The molecular formula is C12H24N6O. The van der Waals surface area contributed by atoms with Crippen molar-refractivity contribution < 1.29 is 4.74 Å². The van der Waals surface area contributed by atoms with Gasteiger partial charge >= 0.3 is 0 Å². The third-order valence-corrected chi connectivity index (χ3v) is 2.52. The number of nitrogen functional groups attached to an aromatic ring is 1. The second-order valence-electron chi connectivity index (χ2n) is 4.34. The minimum absolute atomic E-state index is 0.219. The Morgan fingerprint density at radius 2 is 1.89 bits per heavy atom. The molecule has 0 saturated carbocycles. The molecule has 0 amide bonds. The number of rotatable bonds is 8. The van der Waals surface area contributed by atoms with E-state index in [9.17, 15) is 0 Å². The van der Waals surface area contributed by atoms with Crippen LogP contribution in [0.2, 0.25) is 0 Å². The Kier molecular flexibility index (Phi) is 6.27. The van der Waals surface area contributed by atoms with Gasteiger partial charge in [0.1, 0.15) is 0 Å². The minimum atomic E-state index is 0.219. The molecule has 3 N–H and O–H groups in total. The van der Waals surface area contributed by atoms with Crippen molar-refractivity contribution in [1.29, 1.82) is 0 Å². The lowest BCUT2D eigenvalue weighted by Gasteiger charge is -2.19. The van der Waals surface area contributed by atoms with Gasteiger partial charge < -0.3 is 20.7 Å². The zero-order valence-corrected chi connectivity index (χ0v) is 12.2. The number of anilines is 3. The van der Waals surface area contributed by atoms with Crippen LogP contribution in [0.4, 0.5) is 17.8 Å². The monoisotopic (exact) mass is 268 g/mol. The van der Waals surface area contributed by atoms with Crippen LogP contribution in [0.1, 0.15) is 27.7 Å². The van der Waals surface area contributed by atoms with Gasteiger partial charge in [0, 0.05) is 19.6 Å². The lowest BCUT2D eigenvalue weighted by molar-refractivity contribution is 0.0870. The maximum atomic E-state index is 5.70. The highest BCUT2D eigenvalue weighted by atomic mass is 16.5. The van der Waals surface area contributed by atoms with Crippen molar-refractivity contribution in [3.05, 3.63) is 0 Å². The summed E-state index contributed by atoms with van der Waals surface area (Å²) in [5.74, 6) is 1.32. The molecule has 0 spiro atoms. The smallest absolute Gasteiger partial charge is 0.231 e. The van der Waals surface area contributed by atoms with Crippen LogP contribution in [0.5, 0.6) is 0 Å². The van der Waals surface area contributed by atoms with Crippen LogP contribution in [0.25, 0.3) is 0 Å². The van der Waals surface area contributed by atoms with Crippen molar-refractivity contribution in [2.24, 2.45) is 0 Å². The molecular weight excluding hydrogens is 244 g/mol. The molecule has 0 bridgehead atoms. The molecule has 7 nitrogen and oxygen atoms in total. The number of hydrogen-bond donors (Lipinski definition) is 2. The molecule has 108 valence electrons. The van der Waals surface area contributed by atoms with Crippen LogP contribution in [0, 0.1) is 0 Å². The third kappa shape index (κ3) is 5.25. The predicted octanol–water partition coefficient (Wildman–Crippen LogP) is 1.14. The Hall–Kier alpha value is -1.63. The average Bonchev–Trinajstić information content (AvgIpc) is 2.35. The van der Waals surface area contributed by atoms with E-state index in [1.807, 2.05) is 32.6 Å². The maximum absolute atomic E-state index is 5.70. The van der Waals surface area contributed by atoms with Crippen LogP contribution >= 0.6 is 0 Å². The molecule has 0 fully saturated rings. The fourth-order valence-electron chi connectivity index (χ4n) is 1.57. The number of hydrogen-bond acceptors (Lipinski definition) is 7. The van der Waals surface area contributed by atoms with Gasteiger partial charge in [-0.25, -0.2) is 0 Å². The normalized spacial score (nSPS) is 10.8. The molecule has 0 aromatic carbocycles. The molecule has 1 rings (SSSR count). The first-order valence-corrected chi connectivity index (χ1v) is 6.68. The molecule has 1 aromatic rings. The quantitative estimate of drug-likeness (QED) is 0.683. The zero-order valence-electron chi connectivity index (χ0n) is 12.2. The summed E-state index contributed by atoms with van der Waals surface area (Å²) in [6.45, 7) is 11.0. The standard InChI is InChI=1S/C12H24N6O/c1-5-18(6-2)12-16-10(13)15-11(17-12)14-7-8-19-9(3)4/h9H,5-8H2,1-4H3,(H3,13,14,15,16,17). The molecule has 0 radical (unpaired) electrons. The second kappa shape index (κ2) is 7.73. The average molecular weight is 268 g/mol. The number of aromatic nitrogens is 3. The van der Waals surface area contributed by atoms with Gasteiger partial charge in [-0.2, -0.15) is 15.0 Å². The first kappa shape index (κ1) is 15.4. The van der Waals surface area contributed by atoms with Crippen molar-refractivity contribution in [1.82, 2.24) is 15.0 Å². The number of nitrogens with one attached hydrogen (secondary N) is 1. The maximum Gasteiger partial charge on any atom is 0.231 e. The van der Waals surface area contributed by atoms with E-state index < -0.39 is 0 Å². The van der Waals surface area contributed by atoms with E-state index >= 15 is 0 Å². The van der Waals surface area contributed by atoms with E-state index in [2.05, 4.69) is 20.3 Å². The van der Waals surface area contributed by atoms with E-state index in [-0.39, 0.29) is 12.1 Å². The Balaban J connectivity index is 2.63. The van der Waals surface area contributed by atoms with Gasteiger partial charge in [0.25, 0.3) is 0 Å². The number of ether oxygens (including phenoxy) is 1. The number of nitrogens with zero attached hydrogens (tertiary/aromatic N) is 4. The molecule has 0 aliphatic rings. The summed E-state index contributed by atoms with van der Waals surface area (Å²) in [4.78, 5) is 14.6. The molecule has 0 aliphatic heterocycles. The van der Waals surface area contributed by atoms with Gasteiger partial charge in [0.05, 0.1) is 12.7 Å². The highest BCUT2D eigenvalue weighted by Gasteiger charge is 2.09. The zero-order chi connectivity index (χ0) is 14.3. The second-order valence-corrected chi connectivity index (χ2v) is 4.34. The molecule has 7 heteroatoms. The van der Waals surface area contributed by atoms with Crippen LogP contribution in [-0.2, 0) is 4.74 Å². The van der Waals surface area contributed by atoms with Crippen molar-refractivity contribution in [2.45, 2.75) is 33.8 Å². The molecule has 19 heavy (non-hydrogen) atoms. The first-order chi connectivity index (χ1) is 9.06. The lowest BCUT2D eigenvalue weighted by Crippen LogP contribution is -2.25. The van der Waals surface area contributed by atoms with Crippen molar-refractivity contribution >= 4 is 17.8 Å². The van der Waals surface area contributed by atoms with Crippen LogP contribution in [0.15, 0.2) is 0 Å². The van der Waals surface area contributed by atoms with Gasteiger partial charge in [-0.05, 0) is 27.7 Å². The van der Waals surface area contributed by atoms with Gasteiger partial charge in [0.15, 0.2) is 0 Å². The van der Waals surface area contributed by atoms with E-state index in [1.54, 1.807) is 0 Å². The Labute approximate surface area is 114 Å². The summed E-state index contributed by atoms with van der Waals surface area (Å²) < 4.78 is 5.44. The summed E-state index contributed by atoms with van der Waals surface area (Å²) in [6, 6.07) is 0. The SMILES string of the molecule is CCN(CC)c1nc(N)nc(NCCOC(C)C)n1. The highest BCUT2D eigenvalue weighted by molar-refractivity contribution is 5.41. The summed E-state index contributed by atoms with van der Waals surface area (Å²) in [5, 5.41) is 3.09. The first-order valence-electron chi connectivity index (χ1n) is 6.68. The molecule has 0 unspecified atom stereocenters. The Morgan fingerprint density at radius 1 is 1.21 bits per heavy atom. The van der Waals surface area contributed by atoms with Gasteiger partial charge in [-0.1, -0.05) is 0 Å². The van der Waals surface area contributed by atoms with Crippen molar-refractivity contribution in [3.8, 4) is 0 Å². The largest absolute Gasteiger partial charge is 0.377 e. The Bertz CT molecular complexity index is 380. The van der Waals surface area contributed by atoms with E-state index in [0.717, 1.165) is 13.1 Å². The molecule has 0 aliphatic carbocycles. The number of nitrogens with two attached hydrogens (primary N) is 1. The van der Waals surface area contributed by atoms with E-state index in [1.165, 1.54) is 0 Å². The fraction of sp³-hybridized carbons (Fsp3) is 0.750. The topological polar surface area (TPSA) is 89.2 Å². The summed E-state index contributed by atoms with van der Waals surface area (Å²) in [6.07, 6.45) is 0.219. The fourth-order valence-corrected chi connectivity index (χ4v) is 1.57.